The first kappa shape index (κ1) is 15.4. The van der Waals surface area contributed by atoms with E-state index in [4.69, 9.17) is 4.74 Å². The molecule has 0 radical (unpaired) electrons. The molecule has 1 N–H and O–H groups in total. The van der Waals surface area contributed by atoms with Crippen molar-refractivity contribution < 1.29 is 9.84 Å². The van der Waals surface area contributed by atoms with E-state index in [2.05, 4.69) is 26.0 Å². The van der Waals surface area contributed by atoms with Gasteiger partial charge in [-0.1, -0.05) is 38.8 Å². The highest BCUT2D eigenvalue weighted by Crippen LogP contribution is 2.41. The third kappa shape index (κ3) is 3.54. The summed E-state index contributed by atoms with van der Waals surface area (Å²) in [5, 5.41) is 11.0. The van der Waals surface area contributed by atoms with Gasteiger partial charge in [0.15, 0.2) is 0 Å². The summed E-state index contributed by atoms with van der Waals surface area (Å²) in [4.78, 5) is 0. The molecule has 0 aromatic heterocycles. The summed E-state index contributed by atoms with van der Waals surface area (Å²) in [6, 6.07) is 8.21. The molecule has 112 valence electrons. The molecule has 2 unspecified atom stereocenters. The van der Waals surface area contributed by atoms with Crippen LogP contribution in [0.15, 0.2) is 24.3 Å². The van der Waals surface area contributed by atoms with Gasteiger partial charge < -0.3 is 9.84 Å². The Labute approximate surface area is 123 Å². The maximum atomic E-state index is 11.0. The van der Waals surface area contributed by atoms with Gasteiger partial charge in [-0.2, -0.15) is 0 Å². The number of aliphatic hydroxyl groups is 1. The molecule has 0 spiro atoms. The number of rotatable bonds is 5. The third-order valence-corrected chi connectivity index (χ3v) is 4.88. The van der Waals surface area contributed by atoms with E-state index in [-0.39, 0.29) is 0 Å². The molecule has 2 nitrogen and oxygen atoms in total. The predicted octanol–water partition coefficient (Wildman–Crippen LogP) is 4.21. The normalized spacial score (nSPS) is 26.8. The maximum Gasteiger partial charge on any atom is 0.118 e. The SMILES string of the molecule is COc1ccc(CCC2(O)CCCCC2C(C)C)cc1. The van der Waals surface area contributed by atoms with Crippen LogP contribution in [-0.4, -0.2) is 17.8 Å². The smallest absolute Gasteiger partial charge is 0.118 e. The number of hydrogen-bond acceptors (Lipinski definition) is 2. The Bertz CT molecular complexity index is 410. The molecule has 0 heterocycles. The summed E-state index contributed by atoms with van der Waals surface area (Å²) in [6.07, 6.45) is 6.41. The Morgan fingerprint density at radius 2 is 1.95 bits per heavy atom. The molecule has 1 aromatic carbocycles. The van der Waals surface area contributed by atoms with E-state index in [9.17, 15) is 5.11 Å². The molecule has 1 aliphatic carbocycles. The molecular formula is C18H28O2. The van der Waals surface area contributed by atoms with Gasteiger partial charge in [0.25, 0.3) is 0 Å². The second-order valence-electron chi connectivity index (χ2n) is 6.55. The summed E-state index contributed by atoms with van der Waals surface area (Å²) in [6.45, 7) is 4.49. The van der Waals surface area contributed by atoms with Crippen molar-refractivity contribution in [2.24, 2.45) is 11.8 Å². The van der Waals surface area contributed by atoms with E-state index < -0.39 is 5.60 Å². The lowest BCUT2D eigenvalue weighted by Crippen LogP contribution is -2.43. The first-order chi connectivity index (χ1) is 9.55. The molecule has 1 aromatic rings. The molecule has 0 aliphatic heterocycles. The molecular weight excluding hydrogens is 248 g/mol. The summed E-state index contributed by atoms with van der Waals surface area (Å²) in [7, 11) is 1.69. The minimum absolute atomic E-state index is 0.453. The van der Waals surface area contributed by atoms with Crippen molar-refractivity contribution in [1.82, 2.24) is 0 Å². The van der Waals surface area contributed by atoms with Crippen LogP contribution >= 0.6 is 0 Å². The third-order valence-electron chi connectivity index (χ3n) is 4.88. The first-order valence-electron chi connectivity index (χ1n) is 7.90. The van der Waals surface area contributed by atoms with Gasteiger partial charge in [-0.15, -0.1) is 0 Å². The van der Waals surface area contributed by atoms with Crippen LogP contribution in [-0.2, 0) is 6.42 Å². The van der Waals surface area contributed by atoms with Crippen molar-refractivity contribution in [3.8, 4) is 5.75 Å². The minimum Gasteiger partial charge on any atom is -0.497 e. The number of ether oxygens (including phenoxy) is 1. The number of methoxy groups -OCH3 is 1. The summed E-state index contributed by atoms with van der Waals surface area (Å²) in [5.41, 5.74) is 0.819. The molecule has 1 saturated carbocycles. The van der Waals surface area contributed by atoms with Gasteiger partial charge in [0.2, 0.25) is 0 Å². The molecule has 2 heteroatoms. The quantitative estimate of drug-likeness (QED) is 0.873. The lowest BCUT2D eigenvalue weighted by molar-refractivity contribution is -0.0716. The van der Waals surface area contributed by atoms with Gasteiger partial charge in [0.1, 0.15) is 5.75 Å². The number of hydrogen-bond donors (Lipinski definition) is 1. The Kier molecular flexibility index (Phi) is 5.09. The number of aryl methyl sites for hydroxylation is 1. The van der Waals surface area contributed by atoms with Gasteiger partial charge in [0, 0.05) is 0 Å². The average Bonchev–Trinajstić information content (AvgIpc) is 2.46. The Morgan fingerprint density at radius 3 is 2.55 bits per heavy atom. The van der Waals surface area contributed by atoms with E-state index in [0.717, 1.165) is 25.0 Å². The van der Waals surface area contributed by atoms with Crippen LogP contribution in [0.25, 0.3) is 0 Å². The zero-order valence-corrected chi connectivity index (χ0v) is 13.1. The fraction of sp³-hybridized carbons (Fsp3) is 0.667. The summed E-state index contributed by atoms with van der Waals surface area (Å²) < 4.78 is 5.18. The van der Waals surface area contributed by atoms with Gasteiger partial charge in [-0.25, -0.2) is 0 Å². The molecule has 0 amide bonds. The highest BCUT2D eigenvalue weighted by molar-refractivity contribution is 5.27. The fourth-order valence-corrected chi connectivity index (χ4v) is 3.67. The average molecular weight is 276 g/mol. The van der Waals surface area contributed by atoms with Crippen molar-refractivity contribution in [3.05, 3.63) is 29.8 Å². The Balaban J connectivity index is 1.99. The monoisotopic (exact) mass is 276 g/mol. The van der Waals surface area contributed by atoms with Crippen molar-refractivity contribution >= 4 is 0 Å². The van der Waals surface area contributed by atoms with Gasteiger partial charge in [0.05, 0.1) is 12.7 Å². The van der Waals surface area contributed by atoms with Crippen LogP contribution < -0.4 is 4.74 Å². The van der Waals surface area contributed by atoms with E-state index in [1.54, 1.807) is 7.11 Å². The van der Waals surface area contributed by atoms with Gasteiger partial charge in [-0.05, 0) is 55.2 Å². The van der Waals surface area contributed by atoms with Crippen molar-refractivity contribution in [3.63, 3.8) is 0 Å². The van der Waals surface area contributed by atoms with Crippen LogP contribution in [0.3, 0.4) is 0 Å². The fourth-order valence-electron chi connectivity index (χ4n) is 3.67. The second kappa shape index (κ2) is 6.62. The Hall–Kier alpha value is -1.02. The standard InChI is InChI=1S/C18H28O2/c1-14(2)17-6-4-5-12-18(17,19)13-11-15-7-9-16(20-3)10-8-15/h7-10,14,17,19H,4-6,11-13H2,1-3H3. The second-order valence-corrected chi connectivity index (χ2v) is 6.55. The highest BCUT2D eigenvalue weighted by atomic mass is 16.5. The maximum absolute atomic E-state index is 11.0. The van der Waals surface area contributed by atoms with Crippen LogP contribution in [0.2, 0.25) is 0 Å². The lowest BCUT2D eigenvalue weighted by Gasteiger charge is -2.42. The van der Waals surface area contributed by atoms with Gasteiger partial charge >= 0.3 is 0 Å². The molecule has 0 saturated heterocycles. The molecule has 0 bridgehead atoms. The molecule has 1 fully saturated rings. The van der Waals surface area contributed by atoms with Crippen LogP contribution in [0.4, 0.5) is 0 Å². The van der Waals surface area contributed by atoms with Crippen LogP contribution in [0.5, 0.6) is 5.75 Å². The van der Waals surface area contributed by atoms with Crippen LogP contribution in [0.1, 0.15) is 51.5 Å². The van der Waals surface area contributed by atoms with E-state index >= 15 is 0 Å². The topological polar surface area (TPSA) is 29.5 Å². The summed E-state index contributed by atoms with van der Waals surface area (Å²) >= 11 is 0. The van der Waals surface area contributed by atoms with Crippen molar-refractivity contribution in [1.29, 1.82) is 0 Å². The molecule has 2 rings (SSSR count). The largest absolute Gasteiger partial charge is 0.497 e. The summed E-state index contributed by atoms with van der Waals surface area (Å²) in [5.74, 6) is 1.91. The van der Waals surface area contributed by atoms with Gasteiger partial charge in [-0.3, -0.25) is 0 Å². The molecule has 1 aliphatic rings. The molecule has 20 heavy (non-hydrogen) atoms. The van der Waals surface area contributed by atoms with Crippen molar-refractivity contribution in [2.75, 3.05) is 7.11 Å². The predicted molar refractivity (Wildman–Crippen MR) is 83.1 cm³/mol. The highest BCUT2D eigenvalue weighted by Gasteiger charge is 2.39. The van der Waals surface area contributed by atoms with Crippen LogP contribution in [0, 0.1) is 11.8 Å². The number of benzene rings is 1. The first-order valence-corrected chi connectivity index (χ1v) is 7.90. The zero-order chi connectivity index (χ0) is 14.6. The zero-order valence-electron chi connectivity index (χ0n) is 13.1. The molecule has 2 atom stereocenters. The lowest BCUT2D eigenvalue weighted by atomic mass is 9.68. The van der Waals surface area contributed by atoms with E-state index in [1.165, 1.54) is 24.8 Å². The van der Waals surface area contributed by atoms with Crippen molar-refractivity contribution in [2.45, 2.75) is 58.0 Å². The minimum atomic E-state index is -0.466. The van der Waals surface area contributed by atoms with E-state index in [0.29, 0.717) is 11.8 Å². The van der Waals surface area contributed by atoms with E-state index in [1.807, 2.05) is 12.1 Å². The Morgan fingerprint density at radius 1 is 1.25 bits per heavy atom.